The van der Waals surface area contributed by atoms with Crippen LogP contribution in [0.2, 0.25) is 5.15 Å². The topological polar surface area (TPSA) is 52.3 Å². The van der Waals surface area contributed by atoms with Crippen molar-refractivity contribution >= 4 is 28.2 Å². The van der Waals surface area contributed by atoms with Crippen LogP contribution >= 0.6 is 11.6 Å². The zero-order chi connectivity index (χ0) is 20.2. The Morgan fingerprint density at radius 3 is 2.83 bits per heavy atom. The largest absolute Gasteiger partial charge is 0.482 e. The van der Waals surface area contributed by atoms with E-state index in [1.807, 2.05) is 12.1 Å². The Hall–Kier alpha value is -2.87. The van der Waals surface area contributed by atoms with Crippen LogP contribution in [-0.4, -0.2) is 32.4 Å². The number of benzene rings is 1. The van der Waals surface area contributed by atoms with Gasteiger partial charge in [0.25, 0.3) is 0 Å². The maximum absolute atomic E-state index is 12.7. The van der Waals surface area contributed by atoms with Gasteiger partial charge < -0.3 is 4.74 Å². The van der Waals surface area contributed by atoms with Gasteiger partial charge in [0.05, 0.1) is 0 Å². The zero-order valence-electron chi connectivity index (χ0n) is 14.9. The second-order valence-electron chi connectivity index (χ2n) is 7.06. The Morgan fingerprint density at radius 2 is 2.00 bits per heavy atom. The number of fused-ring (bicyclic) bond motifs is 2. The van der Waals surface area contributed by atoms with E-state index in [2.05, 4.69) is 15.1 Å². The number of hydrogen-bond donors (Lipinski definition) is 0. The van der Waals surface area contributed by atoms with E-state index >= 15 is 0 Å². The Morgan fingerprint density at radius 1 is 1.14 bits per heavy atom. The highest BCUT2D eigenvalue weighted by molar-refractivity contribution is 6.29. The van der Waals surface area contributed by atoms with E-state index in [-0.39, 0.29) is 17.6 Å². The van der Waals surface area contributed by atoms with Gasteiger partial charge >= 0.3 is 6.18 Å². The van der Waals surface area contributed by atoms with Crippen LogP contribution in [0.25, 0.3) is 16.6 Å². The van der Waals surface area contributed by atoms with Gasteiger partial charge in [-0.1, -0.05) is 17.7 Å². The lowest BCUT2D eigenvalue weighted by Crippen LogP contribution is -2.19. The van der Waals surface area contributed by atoms with Crippen LogP contribution in [0.3, 0.4) is 0 Å². The van der Waals surface area contributed by atoms with Crippen molar-refractivity contribution < 1.29 is 17.9 Å². The van der Waals surface area contributed by atoms with Crippen molar-refractivity contribution in [1.82, 2.24) is 19.6 Å². The number of imidazole rings is 1. The molecule has 3 heterocycles. The fraction of sp³-hybridized carbons (Fsp3) is 0.250. The molecule has 5 nitrogen and oxygen atoms in total. The van der Waals surface area contributed by atoms with Crippen LogP contribution in [0.4, 0.5) is 13.2 Å². The first kappa shape index (κ1) is 18.2. The van der Waals surface area contributed by atoms with Gasteiger partial charge in [-0.2, -0.15) is 18.3 Å². The van der Waals surface area contributed by atoms with Crippen LogP contribution in [0.5, 0.6) is 5.75 Å². The average Bonchev–Trinajstić information content (AvgIpc) is 3.34. The van der Waals surface area contributed by atoms with E-state index in [9.17, 15) is 13.2 Å². The smallest absolute Gasteiger partial charge is 0.422 e. The summed E-state index contributed by atoms with van der Waals surface area (Å²) in [5, 5.41) is 5.30. The van der Waals surface area contributed by atoms with Gasteiger partial charge in [0.2, 0.25) is 0 Å². The summed E-state index contributed by atoms with van der Waals surface area (Å²) < 4.78 is 44.8. The molecule has 4 aromatic rings. The number of rotatable bonds is 4. The molecule has 0 radical (unpaired) electrons. The van der Waals surface area contributed by atoms with Crippen LogP contribution in [0.1, 0.15) is 29.4 Å². The molecule has 0 spiro atoms. The van der Waals surface area contributed by atoms with Gasteiger partial charge in [-0.3, -0.25) is 4.98 Å². The van der Waals surface area contributed by atoms with Crippen LogP contribution in [-0.2, 0) is 0 Å². The van der Waals surface area contributed by atoms with Crippen molar-refractivity contribution in [3.8, 4) is 5.75 Å². The summed E-state index contributed by atoms with van der Waals surface area (Å²) in [6.45, 7) is -1.36. The van der Waals surface area contributed by atoms with Crippen molar-refractivity contribution in [3.05, 3.63) is 65.2 Å². The highest BCUT2D eigenvalue weighted by atomic mass is 35.5. The highest BCUT2D eigenvalue weighted by Crippen LogP contribution is 2.56. The highest BCUT2D eigenvalue weighted by Gasteiger charge is 2.42. The van der Waals surface area contributed by atoms with Crippen molar-refractivity contribution in [1.29, 1.82) is 0 Å². The van der Waals surface area contributed by atoms with Crippen LogP contribution in [0.15, 0.2) is 48.9 Å². The summed E-state index contributed by atoms with van der Waals surface area (Å²) in [4.78, 5) is 8.55. The first-order valence-electron chi connectivity index (χ1n) is 8.97. The van der Waals surface area contributed by atoms with Gasteiger partial charge in [0.15, 0.2) is 12.3 Å². The molecule has 148 valence electrons. The van der Waals surface area contributed by atoms with Gasteiger partial charge in [-0.05, 0) is 48.1 Å². The minimum atomic E-state index is -4.42. The van der Waals surface area contributed by atoms with Crippen LogP contribution in [0, 0.1) is 0 Å². The summed E-state index contributed by atoms with van der Waals surface area (Å²) in [6.07, 6.45) is 1.35. The van der Waals surface area contributed by atoms with E-state index in [0.29, 0.717) is 10.7 Å². The Kier molecular flexibility index (Phi) is 4.13. The van der Waals surface area contributed by atoms with E-state index in [1.54, 1.807) is 35.1 Å². The number of hydrogen-bond acceptors (Lipinski definition) is 4. The quantitative estimate of drug-likeness (QED) is 0.460. The lowest BCUT2D eigenvalue weighted by atomic mass is 10.0. The fourth-order valence-electron chi connectivity index (χ4n) is 3.75. The molecule has 9 heteroatoms. The molecule has 2 atom stereocenters. The molecule has 1 aromatic carbocycles. The molecule has 0 N–H and O–H groups in total. The maximum atomic E-state index is 12.7. The summed E-state index contributed by atoms with van der Waals surface area (Å²) in [7, 11) is 0. The lowest BCUT2D eigenvalue weighted by Gasteiger charge is -2.13. The van der Waals surface area contributed by atoms with Gasteiger partial charge in [0, 0.05) is 29.5 Å². The molecule has 1 saturated carbocycles. The normalized spacial score (nSPS) is 19.0. The lowest BCUT2D eigenvalue weighted by molar-refractivity contribution is -0.153. The number of ether oxygens (including phenoxy) is 1. The number of halogens is 4. The molecular formula is C20H14ClF3N4O. The molecule has 1 aliphatic rings. The minimum Gasteiger partial charge on any atom is -0.482 e. The van der Waals surface area contributed by atoms with Gasteiger partial charge in [-0.15, -0.1) is 0 Å². The first-order chi connectivity index (χ1) is 13.9. The zero-order valence-corrected chi connectivity index (χ0v) is 15.7. The second-order valence-corrected chi connectivity index (χ2v) is 7.45. The molecule has 0 aliphatic heterocycles. The second kappa shape index (κ2) is 6.59. The van der Waals surface area contributed by atoms with Crippen molar-refractivity contribution in [2.24, 2.45) is 0 Å². The predicted octanol–water partition coefficient (Wildman–Crippen LogP) is 5.14. The van der Waals surface area contributed by atoms with E-state index in [1.165, 1.54) is 6.20 Å². The van der Waals surface area contributed by atoms with E-state index in [0.717, 1.165) is 28.6 Å². The summed E-state index contributed by atoms with van der Waals surface area (Å²) in [6, 6.07) is 9.00. The molecule has 29 heavy (non-hydrogen) atoms. The molecule has 3 aromatic heterocycles. The Labute approximate surface area is 168 Å². The maximum Gasteiger partial charge on any atom is 0.422 e. The molecule has 1 fully saturated rings. The fourth-order valence-corrected chi connectivity index (χ4v) is 3.95. The molecule has 0 amide bonds. The third kappa shape index (κ3) is 3.48. The van der Waals surface area contributed by atoms with E-state index in [4.69, 9.17) is 16.3 Å². The number of aromatic nitrogens is 4. The molecule has 0 saturated heterocycles. The third-order valence-electron chi connectivity index (χ3n) is 5.06. The van der Waals surface area contributed by atoms with Crippen molar-refractivity contribution in [2.75, 3.05) is 6.61 Å². The third-order valence-corrected chi connectivity index (χ3v) is 5.24. The van der Waals surface area contributed by atoms with Crippen LogP contribution < -0.4 is 4.74 Å². The molecule has 5 rings (SSSR count). The predicted molar refractivity (Wildman–Crippen MR) is 101 cm³/mol. The Bertz CT molecular complexity index is 1220. The number of alkyl halides is 3. The standard InChI is InChI=1S/C20H14ClF3N4O/c21-17-9-15(19-26-4-5-28(19)27-17)14-8-13(14)12-6-11-2-1-3-25-18(11)16(7-12)29-10-20(22,23)24/h1-7,9,13-14H,8,10H2/t13?,14-/m0/s1. The van der Waals surface area contributed by atoms with Gasteiger partial charge in [0.1, 0.15) is 16.4 Å². The first-order valence-corrected chi connectivity index (χ1v) is 9.35. The summed E-state index contributed by atoms with van der Waals surface area (Å²) in [5.74, 6) is 0.427. The molecule has 0 bridgehead atoms. The Balaban J connectivity index is 1.52. The van der Waals surface area contributed by atoms with E-state index < -0.39 is 12.8 Å². The minimum absolute atomic E-state index is 0.131. The monoisotopic (exact) mass is 418 g/mol. The van der Waals surface area contributed by atoms with Crippen molar-refractivity contribution in [2.45, 2.75) is 24.4 Å². The average molecular weight is 419 g/mol. The number of pyridine rings is 1. The SMILES string of the molecule is FC(F)(F)COc1cc(C2C[C@@H]2c2cc(Cl)nn3ccnc23)cc2cccnc12. The molecule has 1 unspecified atom stereocenters. The molecule has 1 aliphatic carbocycles. The number of nitrogens with zero attached hydrogens (tertiary/aromatic N) is 4. The van der Waals surface area contributed by atoms with Gasteiger partial charge in [-0.25, -0.2) is 9.50 Å². The summed E-state index contributed by atoms with van der Waals surface area (Å²) >= 11 is 6.14. The summed E-state index contributed by atoms with van der Waals surface area (Å²) in [5.41, 5.74) is 3.03. The van der Waals surface area contributed by atoms with Crippen molar-refractivity contribution in [3.63, 3.8) is 0 Å². The molecular weight excluding hydrogens is 405 g/mol.